The zero-order valence-electron chi connectivity index (χ0n) is 8.88. The van der Waals surface area contributed by atoms with Crippen LogP contribution in [-0.4, -0.2) is 6.04 Å². The molecule has 2 unspecified atom stereocenters. The Morgan fingerprint density at radius 2 is 2.29 bits per heavy atom. The molecule has 1 saturated carbocycles. The molecule has 1 aromatic carbocycles. The minimum atomic E-state index is 0.681. The first-order valence-corrected chi connectivity index (χ1v) is 5.33. The van der Waals surface area contributed by atoms with Crippen LogP contribution in [0, 0.1) is 12.8 Å². The second kappa shape index (κ2) is 3.52. The molecule has 0 radical (unpaired) electrons. The van der Waals surface area contributed by atoms with Crippen LogP contribution in [0.15, 0.2) is 18.2 Å². The molecule has 0 aliphatic heterocycles. The Kier molecular flexibility index (Phi) is 2.36. The van der Waals surface area contributed by atoms with E-state index in [0.29, 0.717) is 6.04 Å². The fraction of sp³-hybridized carbons (Fsp3) is 0.500. The Balaban J connectivity index is 2.06. The van der Waals surface area contributed by atoms with Crippen molar-refractivity contribution < 1.29 is 0 Å². The van der Waals surface area contributed by atoms with E-state index in [1.807, 2.05) is 12.1 Å². The molecular weight excluding hydrogens is 172 g/mol. The molecular formula is C12H18N2. The van der Waals surface area contributed by atoms with Crippen molar-refractivity contribution in [2.24, 2.45) is 5.92 Å². The van der Waals surface area contributed by atoms with Gasteiger partial charge in [-0.3, -0.25) is 0 Å². The molecule has 2 atom stereocenters. The Hall–Kier alpha value is -1.18. The number of hydrogen-bond acceptors (Lipinski definition) is 2. The number of rotatable bonds is 3. The van der Waals surface area contributed by atoms with Gasteiger partial charge in [0.05, 0.1) is 0 Å². The molecule has 1 fully saturated rings. The summed E-state index contributed by atoms with van der Waals surface area (Å²) in [5, 5.41) is 3.55. The Morgan fingerprint density at radius 3 is 2.93 bits per heavy atom. The SMILES string of the molecule is CCC1CC1Nc1cc(N)ccc1C. The van der Waals surface area contributed by atoms with Gasteiger partial charge >= 0.3 is 0 Å². The number of hydrogen-bond donors (Lipinski definition) is 2. The molecule has 2 nitrogen and oxygen atoms in total. The van der Waals surface area contributed by atoms with E-state index in [0.717, 1.165) is 11.6 Å². The third-order valence-corrected chi connectivity index (χ3v) is 3.05. The highest BCUT2D eigenvalue weighted by molar-refractivity contribution is 5.60. The monoisotopic (exact) mass is 190 g/mol. The van der Waals surface area contributed by atoms with E-state index in [4.69, 9.17) is 5.73 Å². The summed E-state index contributed by atoms with van der Waals surface area (Å²) in [5.74, 6) is 0.871. The van der Waals surface area contributed by atoms with E-state index in [1.165, 1.54) is 24.1 Å². The fourth-order valence-corrected chi connectivity index (χ4v) is 1.87. The Bertz CT molecular complexity index is 333. The van der Waals surface area contributed by atoms with Crippen LogP contribution < -0.4 is 11.1 Å². The maximum Gasteiger partial charge on any atom is 0.0392 e. The first-order chi connectivity index (χ1) is 6.70. The summed E-state index contributed by atoms with van der Waals surface area (Å²) >= 11 is 0. The fourth-order valence-electron chi connectivity index (χ4n) is 1.87. The Labute approximate surface area is 85.5 Å². The molecule has 2 rings (SSSR count). The van der Waals surface area contributed by atoms with Gasteiger partial charge in [0.25, 0.3) is 0 Å². The maximum atomic E-state index is 5.75. The maximum absolute atomic E-state index is 5.75. The van der Waals surface area contributed by atoms with Gasteiger partial charge in [0.1, 0.15) is 0 Å². The molecule has 0 saturated heterocycles. The molecule has 0 heterocycles. The number of aryl methyl sites for hydroxylation is 1. The van der Waals surface area contributed by atoms with Gasteiger partial charge in [-0.25, -0.2) is 0 Å². The van der Waals surface area contributed by atoms with Crippen LogP contribution in [0.4, 0.5) is 11.4 Å². The van der Waals surface area contributed by atoms with E-state index in [-0.39, 0.29) is 0 Å². The molecule has 1 aromatic rings. The van der Waals surface area contributed by atoms with Crippen LogP contribution in [0.2, 0.25) is 0 Å². The largest absolute Gasteiger partial charge is 0.399 e. The third kappa shape index (κ3) is 1.84. The zero-order chi connectivity index (χ0) is 10.1. The van der Waals surface area contributed by atoms with Gasteiger partial charge in [0.15, 0.2) is 0 Å². The molecule has 0 bridgehead atoms. The van der Waals surface area contributed by atoms with Gasteiger partial charge in [-0.2, -0.15) is 0 Å². The third-order valence-electron chi connectivity index (χ3n) is 3.05. The van der Waals surface area contributed by atoms with Gasteiger partial charge in [0, 0.05) is 17.4 Å². The van der Waals surface area contributed by atoms with Crippen molar-refractivity contribution in [3.8, 4) is 0 Å². The van der Waals surface area contributed by atoms with Gasteiger partial charge in [0.2, 0.25) is 0 Å². The van der Waals surface area contributed by atoms with Crippen molar-refractivity contribution in [3.63, 3.8) is 0 Å². The molecule has 1 aliphatic rings. The van der Waals surface area contributed by atoms with E-state index < -0.39 is 0 Å². The topological polar surface area (TPSA) is 38.0 Å². The van der Waals surface area contributed by atoms with Crippen LogP contribution >= 0.6 is 0 Å². The predicted molar refractivity (Wildman–Crippen MR) is 61.4 cm³/mol. The highest BCUT2D eigenvalue weighted by Gasteiger charge is 2.35. The van der Waals surface area contributed by atoms with E-state index >= 15 is 0 Å². The zero-order valence-corrected chi connectivity index (χ0v) is 8.88. The normalized spacial score (nSPS) is 24.7. The minimum Gasteiger partial charge on any atom is -0.399 e. The number of nitrogens with one attached hydrogen (secondary N) is 1. The van der Waals surface area contributed by atoms with Crippen LogP contribution in [0.5, 0.6) is 0 Å². The summed E-state index contributed by atoms with van der Waals surface area (Å²) in [6, 6.07) is 6.73. The molecule has 76 valence electrons. The van der Waals surface area contributed by atoms with Crippen LogP contribution in [-0.2, 0) is 0 Å². The van der Waals surface area contributed by atoms with Crippen molar-refractivity contribution in [1.82, 2.24) is 0 Å². The molecule has 2 heteroatoms. The van der Waals surface area contributed by atoms with Gasteiger partial charge in [-0.05, 0) is 37.0 Å². The minimum absolute atomic E-state index is 0.681. The first kappa shape index (κ1) is 9.38. The molecule has 0 aromatic heterocycles. The van der Waals surface area contributed by atoms with Crippen molar-refractivity contribution in [2.45, 2.75) is 32.7 Å². The molecule has 14 heavy (non-hydrogen) atoms. The number of nitrogen functional groups attached to an aromatic ring is 1. The highest BCUT2D eigenvalue weighted by Crippen LogP contribution is 2.36. The molecule has 1 aliphatic carbocycles. The predicted octanol–water partition coefficient (Wildman–Crippen LogP) is 2.79. The van der Waals surface area contributed by atoms with Crippen molar-refractivity contribution in [3.05, 3.63) is 23.8 Å². The lowest BCUT2D eigenvalue weighted by molar-refractivity contribution is 0.774. The molecule has 3 N–H and O–H groups in total. The van der Waals surface area contributed by atoms with E-state index in [1.54, 1.807) is 0 Å². The standard InChI is InChI=1S/C12H18N2/c1-3-9-6-12(9)14-11-7-10(13)5-4-8(11)2/h4-5,7,9,12,14H,3,6,13H2,1-2H3. The van der Waals surface area contributed by atoms with Gasteiger partial charge in [-0.1, -0.05) is 19.4 Å². The van der Waals surface area contributed by atoms with Crippen molar-refractivity contribution in [1.29, 1.82) is 0 Å². The van der Waals surface area contributed by atoms with Crippen LogP contribution in [0.3, 0.4) is 0 Å². The summed E-state index contributed by atoms with van der Waals surface area (Å²) in [7, 11) is 0. The lowest BCUT2D eigenvalue weighted by Crippen LogP contribution is -2.06. The lowest BCUT2D eigenvalue weighted by atomic mass is 10.2. The van der Waals surface area contributed by atoms with Gasteiger partial charge < -0.3 is 11.1 Å². The van der Waals surface area contributed by atoms with Crippen LogP contribution in [0.25, 0.3) is 0 Å². The van der Waals surface area contributed by atoms with E-state index in [9.17, 15) is 0 Å². The summed E-state index contributed by atoms with van der Waals surface area (Å²) in [5.41, 5.74) is 9.07. The van der Waals surface area contributed by atoms with E-state index in [2.05, 4.69) is 25.2 Å². The van der Waals surface area contributed by atoms with Crippen LogP contribution in [0.1, 0.15) is 25.3 Å². The van der Waals surface area contributed by atoms with Crippen molar-refractivity contribution >= 4 is 11.4 Å². The summed E-state index contributed by atoms with van der Waals surface area (Å²) in [6.45, 7) is 4.36. The number of nitrogens with two attached hydrogens (primary N) is 1. The second-order valence-corrected chi connectivity index (χ2v) is 4.23. The van der Waals surface area contributed by atoms with Gasteiger partial charge in [-0.15, -0.1) is 0 Å². The number of anilines is 2. The quantitative estimate of drug-likeness (QED) is 0.719. The van der Waals surface area contributed by atoms with Crippen molar-refractivity contribution in [2.75, 3.05) is 11.1 Å². The smallest absolute Gasteiger partial charge is 0.0392 e. The number of benzene rings is 1. The first-order valence-electron chi connectivity index (χ1n) is 5.33. The highest BCUT2D eigenvalue weighted by atomic mass is 15.0. The average Bonchev–Trinajstić information content (AvgIpc) is 2.90. The average molecular weight is 190 g/mol. The summed E-state index contributed by atoms with van der Waals surface area (Å²) in [6.07, 6.45) is 2.59. The molecule has 0 spiro atoms. The molecule has 0 amide bonds. The Morgan fingerprint density at radius 1 is 1.50 bits per heavy atom. The summed E-state index contributed by atoms with van der Waals surface area (Å²) in [4.78, 5) is 0. The summed E-state index contributed by atoms with van der Waals surface area (Å²) < 4.78 is 0. The lowest BCUT2D eigenvalue weighted by Gasteiger charge is -2.09. The second-order valence-electron chi connectivity index (χ2n) is 4.23.